The van der Waals surface area contributed by atoms with Crippen LogP contribution in [-0.4, -0.2) is 10.1 Å². The van der Waals surface area contributed by atoms with E-state index in [1.165, 1.54) is 6.42 Å². The zero-order valence-corrected chi connectivity index (χ0v) is 13.1. The number of nitrogens with two attached hydrogens (primary N) is 1. The molecule has 0 spiro atoms. The Balaban J connectivity index is 1.91. The van der Waals surface area contributed by atoms with Crippen LogP contribution in [-0.2, 0) is 5.54 Å². The molecule has 0 amide bonds. The Morgan fingerprint density at radius 2 is 2.00 bits per heavy atom. The highest BCUT2D eigenvalue weighted by Gasteiger charge is 2.34. The maximum Gasteiger partial charge on any atom is 0.258 e. The first kappa shape index (κ1) is 13.8. The first-order valence-corrected chi connectivity index (χ1v) is 7.77. The zero-order valence-electron chi connectivity index (χ0n) is 11.5. The SMILES string of the molecule is Cc1cc(-c2nc(C3(N)CCCCC3)no2)ccc1Br. The van der Waals surface area contributed by atoms with Gasteiger partial charge in [-0.05, 0) is 43.5 Å². The first-order valence-electron chi connectivity index (χ1n) is 6.98. The van der Waals surface area contributed by atoms with Crippen LogP contribution >= 0.6 is 15.9 Å². The third-order valence-electron chi connectivity index (χ3n) is 4.02. The van der Waals surface area contributed by atoms with Gasteiger partial charge in [-0.3, -0.25) is 0 Å². The van der Waals surface area contributed by atoms with E-state index in [0.29, 0.717) is 11.7 Å². The first-order chi connectivity index (χ1) is 9.58. The summed E-state index contributed by atoms with van der Waals surface area (Å²) in [6, 6.07) is 6.00. The number of hydrogen-bond acceptors (Lipinski definition) is 4. The number of nitrogens with zero attached hydrogens (tertiary/aromatic N) is 2. The average molecular weight is 336 g/mol. The predicted molar refractivity (Wildman–Crippen MR) is 81.1 cm³/mol. The second-order valence-corrected chi connectivity index (χ2v) is 6.46. The van der Waals surface area contributed by atoms with Crippen molar-refractivity contribution in [2.24, 2.45) is 5.73 Å². The molecule has 1 heterocycles. The minimum atomic E-state index is -0.412. The Bertz CT molecular complexity index is 617. The summed E-state index contributed by atoms with van der Waals surface area (Å²) in [5.74, 6) is 1.19. The Labute approximate surface area is 126 Å². The normalized spacial score (nSPS) is 18.1. The molecule has 1 saturated carbocycles. The molecule has 0 bridgehead atoms. The fourth-order valence-electron chi connectivity index (χ4n) is 2.73. The lowest BCUT2D eigenvalue weighted by Gasteiger charge is -2.29. The fourth-order valence-corrected chi connectivity index (χ4v) is 2.97. The number of aromatic nitrogens is 2. The number of aryl methyl sites for hydroxylation is 1. The molecule has 0 saturated heterocycles. The van der Waals surface area contributed by atoms with Crippen LogP contribution < -0.4 is 5.73 Å². The molecule has 4 nitrogen and oxygen atoms in total. The highest BCUT2D eigenvalue weighted by Crippen LogP contribution is 2.34. The molecule has 20 heavy (non-hydrogen) atoms. The minimum Gasteiger partial charge on any atom is -0.334 e. The van der Waals surface area contributed by atoms with Crippen molar-refractivity contribution in [1.82, 2.24) is 10.1 Å². The van der Waals surface area contributed by atoms with Crippen LogP contribution in [0.3, 0.4) is 0 Å². The van der Waals surface area contributed by atoms with Gasteiger partial charge in [0, 0.05) is 10.0 Å². The molecule has 0 atom stereocenters. The predicted octanol–water partition coefficient (Wildman–Crippen LogP) is 3.93. The lowest BCUT2D eigenvalue weighted by molar-refractivity contribution is 0.275. The van der Waals surface area contributed by atoms with Gasteiger partial charge in [-0.15, -0.1) is 0 Å². The number of rotatable bonds is 2. The fraction of sp³-hybridized carbons (Fsp3) is 0.467. The van der Waals surface area contributed by atoms with Gasteiger partial charge < -0.3 is 10.3 Å². The van der Waals surface area contributed by atoms with E-state index in [2.05, 4.69) is 26.1 Å². The van der Waals surface area contributed by atoms with Crippen LogP contribution in [0.25, 0.3) is 11.5 Å². The summed E-state index contributed by atoms with van der Waals surface area (Å²) >= 11 is 3.49. The van der Waals surface area contributed by atoms with E-state index >= 15 is 0 Å². The third-order valence-corrected chi connectivity index (χ3v) is 4.91. The van der Waals surface area contributed by atoms with E-state index in [1.807, 2.05) is 25.1 Å². The molecular formula is C15H18BrN3O. The molecule has 3 rings (SSSR count). The summed E-state index contributed by atoms with van der Waals surface area (Å²) in [6.45, 7) is 2.04. The molecule has 1 fully saturated rings. The Morgan fingerprint density at radius 3 is 2.70 bits per heavy atom. The van der Waals surface area contributed by atoms with Crippen molar-refractivity contribution in [2.75, 3.05) is 0 Å². The van der Waals surface area contributed by atoms with Crippen LogP contribution in [0.2, 0.25) is 0 Å². The standard InChI is InChI=1S/C15H18BrN3O/c1-10-9-11(5-6-12(10)16)13-18-14(19-20-13)15(17)7-3-2-4-8-15/h5-6,9H,2-4,7-8,17H2,1H3. The van der Waals surface area contributed by atoms with Crippen molar-refractivity contribution in [3.63, 3.8) is 0 Å². The van der Waals surface area contributed by atoms with Crippen LogP contribution in [0.5, 0.6) is 0 Å². The second-order valence-electron chi connectivity index (χ2n) is 5.60. The molecular weight excluding hydrogens is 318 g/mol. The maximum atomic E-state index is 6.43. The van der Waals surface area contributed by atoms with Crippen LogP contribution in [0, 0.1) is 6.92 Å². The van der Waals surface area contributed by atoms with E-state index in [0.717, 1.165) is 41.3 Å². The Kier molecular flexibility index (Phi) is 3.65. The largest absolute Gasteiger partial charge is 0.334 e. The summed E-state index contributed by atoms with van der Waals surface area (Å²) in [6.07, 6.45) is 5.39. The summed E-state index contributed by atoms with van der Waals surface area (Å²) in [5, 5.41) is 4.12. The molecule has 2 aromatic rings. The zero-order chi connectivity index (χ0) is 14.2. The van der Waals surface area contributed by atoms with Crippen LogP contribution in [0.1, 0.15) is 43.5 Å². The Hall–Kier alpha value is -1.20. The number of halogens is 1. The summed E-state index contributed by atoms with van der Waals surface area (Å²) in [7, 11) is 0. The van der Waals surface area contributed by atoms with Gasteiger partial charge in [-0.1, -0.05) is 40.3 Å². The van der Waals surface area contributed by atoms with Crippen molar-refractivity contribution >= 4 is 15.9 Å². The highest BCUT2D eigenvalue weighted by atomic mass is 79.9. The van der Waals surface area contributed by atoms with Gasteiger partial charge in [0.15, 0.2) is 5.82 Å². The molecule has 0 unspecified atom stereocenters. The summed E-state index contributed by atoms with van der Waals surface area (Å²) < 4.78 is 6.48. The van der Waals surface area contributed by atoms with E-state index in [9.17, 15) is 0 Å². The average Bonchev–Trinajstić information content (AvgIpc) is 2.93. The van der Waals surface area contributed by atoms with Gasteiger partial charge >= 0.3 is 0 Å². The smallest absolute Gasteiger partial charge is 0.258 e. The van der Waals surface area contributed by atoms with Crippen molar-refractivity contribution in [2.45, 2.75) is 44.6 Å². The monoisotopic (exact) mass is 335 g/mol. The van der Waals surface area contributed by atoms with Crippen LogP contribution in [0.4, 0.5) is 0 Å². The molecule has 0 radical (unpaired) electrons. The molecule has 1 aromatic carbocycles. The van der Waals surface area contributed by atoms with Gasteiger partial charge in [0.2, 0.25) is 0 Å². The second kappa shape index (κ2) is 5.30. The quantitative estimate of drug-likeness (QED) is 0.903. The van der Waals surface area contributed by atoms with Gasteiger partial charge in [0.1, 0.15) is 0 Å². The van der Waals surface area contributed by atoms with Crippen molar-refractivity contribution < 1.29 is 4.52 Å². The molecule has 5 heteroatoms. The van der Waals surface area contributed by atoms with Gasteiger partial charge in [0.05, 0.1) is 5.54 Å². The molecule has 0 aliphatic heterocycles. The van der Waals surface area contributed by atoms with E-state index in [4.69, 9.17) is 10.3 Å². The minimum absolute atomic E-state index is 0.412. The Morgan fingerprint density at radius 1 is 1.25 bits per heavy atom. The summed E-state index contributed by atoms with van der Waals surface area (Å²) in [5.41, 5.74) is 8.10. The molecule has 2 N–H and O–H groups in total. The lowest BCUT2D eigenvalue weighted by atomic mass is 9.82. The molecule has 1 aliphatic carbocycles. The van der Waals surface area contributed by atoms with Crippen molar-refractivity contribution in [3.8, 4) is 11.5 Å². The highest BCUT2D eigenvalue weighted by molar-refractivity contribution is 9.10. The number of benzene rings is 1. The molecule has 1 aromatic heterocycles. The van der Waals surface area contributed by atoms with E-state index in [-0.39, 0.29) is 0 Å². The van der Waals surface area contributed by atoms with Crippen molar-refractivity contribution in [3.05, 3.63) is 34.1 Å². The van der Waals surface area contributed by atoms with Crippen LogP contribution in [0.15, 0.2) is 27.2 Å². The third kappa shape index (κ3) is 2.52. The maximum absolute atomic E-state index is 6.43. The lowest BCUT2D eigenvalue weighted by Crippen LogP contribution is -2.39. The molecule has 106 valence electrons. The van der Waals surface area contributed by atoms with Gasteiger partial charge in [-0.2, -0.15) is 4.98 Å². The van der Waals surface area contributed by atoms with Gasteiger partial charge in [-0.25, -0.2) is 0 Å². The number of hydrogen-bond donors (Lipinski definition) is 1. The summed E-state index contributed by atoms with van der Waals surface area (Å²) in [4.78, 5) is 4.53. The van der Waals surface area contributed by atoms with E-state index < -0.39 is 5.54 Å². The topological polar surface area (TPSA) is 64.9 Å². The van der Waals surface area contributed by atoms with Crippen molar-refractivity contribution in [1.29, 1.82) is 0 Å². The van der Waals surface area contributed by atoms with Gasteiger partial charge in [0.25, 0.3) is 5.89 Å². The molecule has 1 aliphatic rings. The van der Waals surface area contributed by atoms with E-state index in [1.54, 1.807) is 0 Å².